The summed E-state index contributed by atoms with van der Waals surface area (Å²) in [7, 11) is 0. The van der Waals surface area contributed by atoms with Crippen molar-refractivity contribution >= 4 is 0 Å². The molecular formula is C27H41F3N2O2. The average Bonchev–Trinajstić information content (AvgIpc) is 3.12. The lowest BCUT2D eigenvalue weighted by molar-refractivity contribution is -0.165. The number of hydrogen-bond donors (Lipinski definition) is 3. The van der Waals surface area contributed by atoms with Crippen molar-refractivity contribution in [1.29, 1.82) is 0 Å². The lowest BCUT2D eigenvalue weighted by atomic mass is 9.61. The molecule has 0 spiro atoms. The Morgan fingerprint density at radius 1 is 1.26 bits per heavy atom. The highest BCUT2D eigenvalue weighted by Crippen LogP contribution is 2.59. The van der Waals surface area contributed by atoms with Crippen LogP contribution in [0.25, 0.3) is 0 Å². The van der Waals surface area contributed by atoms with Crippen LogP contribution in [0.15, 0.2) is 35.5 Å². The molecule has 1 heterocycles. The van der Waals surface area contributed by atoms with Gasteiger partial charge in [0.25, 0.3) is 0 Å². The van der Waals surface area contributed by atoms with Gasteiger partial charge in [0.05, 0.1) is 12.2 Å². The number of rotatable bonds is 4. The Bertz CT molecular complexity index is 823. The topological polar surface area (TPSA) is 55.7 Å². The molecule has 7 heteroatoms. The molecule has 1 saturated heterocycles. The van der Waals surface area contributed by atoms with Crippen LogP contribution < -0.4 is 5.32 Å². The number of nitrogens with one attached hydrogen (secondary N) is 1. The molecule has 4 nitrogen and oxygen atoms in total. The summed E-state index contributed by atoms with van der Waals surface area (Å²) in [5.41, 5.74) is 3.26. The Balaban J connectivity index is 1.44. The van der Waals surface area contributed by atoms with Crippen LogP contribution in [-0.2, 0) is 0 Å². The van der Waals surface area contributed by atoms with E-state index in [-0.39, 0.29) is 12.0 Å². The van der Waals surface area contributed by atoms with E-state index in [9.17, 15) is 23.4 Å². The van der Waals surface area contributed by atoms with E-state index in [1.165, 1.54) is 5.57 Å². The van der Waals surface area contributed by atoms with Crippen LogP contribution in [0.1, 0.15) is 58.8 Å². The lowest BCUT2D eigenvalue weighted by Crippen LogP contribution is -2.57. The SMILES string of the molecule is C=C1/C(=C\C=C2/CCC[C@]3(C)[C@@H](C(C)CN4CCNC(C(F)(F)F)C4)CC[C@@H]23)C[C@@H](O)C[C@@H]1O. The first-order chi connectivity index (χ1) is 16.0. The van der Waals surface area contributed by atoms with Crippen LogP contribution in [0.5, 0.6) is 0 Å². The zero-order valence-corrected chi connectivity index (χ0v) is 20.6. The fourth-order valence-corrected chi connectivity index (χ4v) is 7.41. The van der Waals surface area contributed by atoms with E-state index < -0.39 is 24.4 Å². The van der Waals surface area contributed by atoms with Crippen LogP contribution >= 0.6 is 0 Å². The van der Waals surface area contributed by atoms with E-state index in [4.69, 9.17) is 0 Å². The number of fused-ring (bicyclic) bond motifs is 1. The minimum atomic E-state index is -4.19. The van der Waals surface area contributed by atoms with E-state index in [0.717, 1.165) is 44.2 Å². The van der Waals surface area contributed by atoms with Crippen LogP contribution in [0.2, 0.25) is 0 Å². The molecule has 0 radical (unpaired) electrons. The summed E-state index contributed by atoms with van der Waals surface area (Å²) < 4.78 is 39.7. The number of allylic oxidation sites excluding steroid dienone is 3. The van der Waals surface area contributed by atoms with Gasteiger partial charge < -0.3 is 15.5 Å². The molecule has 4 aliphatic rings. The van der Waals surface area contributed by atoms with Crippen molar-refractivity contribution in [2.24, 2.45) is 23.2 Å². The van der Waals surface area contributed by atoms with E-state index in [1.54, 1.807) is 0 Å². The summed E-state index contributed by atoms with van der Waals surface area (Å²) in [4.78, 5) is 2.01. The molecule has 0 bridgehead atoms. The van der Waals surface area contributed by atoms with Crippen molar-refractivity contribution in [3.63, 3.8) is 0 Å². The van der Waals surface area contributed by atoms with Gasteiger partial charge in [-0.25, -0.2) is 0 Å². The van der Waals surface area contributed by atoms with Gasteiger partial charge in [-0.1, -0.05) is 38.2 Å². The largest absolute Gasteiger partial charge is 0.405 e. The van der Waals surface area contributed by atoms with E-state index in [0.29, 0.717) is 49.3 Å². The minimum absolute atomic E-state index is 0.0427. The molecule has 3 saturated carbocycles. The standard InChI is InChI=1S/C27H41F3N2O2/c1-17(15-32-12-11-31-25(16-32)27(28,29)30)22-8-9-23-19(5-4-10-26(22,23)3)6-7-20-13-21(33)14-24(34)18(20)2/h6-7,17,21-25,31,33-34H,2,4-5,8-16H2,1,3H3/b19-6+,20-7-/t17?,21-,22-,23+,24+,25?,26-/m1/s1. The number of halogens is 3. The first-order valence-electron chi connectivity index (χ1n) is 13.0. The number of hydrogen-bond acceptors (Lipinski definition) is 4. The van der Waals surface area contributed by atoms with Crippen LogP contribution in [0, 0.1) is 23.2 Å². The van der Waals surface area contributed by atoms with E-state index in [1.807, 2.05) is 4.90 Å². The quantitative estimate of drug-likeness (QED) is 0.548. The van der Waals surface area contributed by atoms with Crippen molar-refractivity contribution in [3.8, 4) is 0 Å². The second-order valence-corrected chi connectivity index (χ2v) is 11.4. The zero-order chi connectivity index (χ0) is 24.7. The van der Waals surface area contributed by atoms with Gasteiger partial charge in [-0.2, -0.15) is 13.2 Å². The summed E-state index contributed by atoms with van der Waals surface area (Å²) in [6.07, 6.45) is 5.35. The Morgan fingerprint density at radius 2 is 2.03 bits per heavy atom. The molecule has 4 rings (SSSR count). The fraction of sp³-hybridized carbons (Fsp3) is 0.778. The molecule has 34 heavy (non-hydrogen) atoms. The number of nitrogens with zero attached hydrogens (tertiary/aromatic N) is 1. The molecule has 0 aromatic rings. The first-order valence-corrected chi connectivity index (χ1v) is 13.0. The van der Waals surface area contributed by atoms with Crippen LogP contribution in [-0.4, -0.2) is 65.7 Å². The third kappa shape index (κ3) is 5.32. The Labute approximate surface area is 202 Å². The summed E-state index contributed by atoms with van der Waals surface area (Å²) >= 11 is 0. The molecule has 0 aromatic heterocycles. The van der Waals surface area contributed by atoms with Gasteiger partial charge in [0.15, 0.2) is 0 Å². The van der Waals surface area contributed by atoms with Gasteiger partial charge >= 0.3 is 6.18 Å². The summed E-state index contributed by atoms with van der Waals surface area (Å²) in [5, 5.41) is 22.8. The van der Waals surface area contributed by atoms with Crippen molar-refractivity contribution in [2.45, 2.75) is 83.2 Å². The second kappa shape index (κ2) is 10.1. The van der Waals surface area contributed by atoms with Crippen molar-refractivity contribution < 1.29 is 23.4 Å². The first kappa shape index (κ1) is 25.9. The number of alkyl halides is 3. The monoisotopic (exact) mass is 482 g/mol. The summed E-state index contributed by atoms with van der Waals surface area (Å²) in [6.45, 7) is 10.5. The Hall–Kier alpha value is -1.15. The molecule has 2 unspecified atom stereocenters. The van der Waals surface area contributed by atoms with Gasteiger partial charge in [0.2, 0.25) is 0 Å². The Morgan fingerprint density at radius 3 is 2.76 bits per heavy atom. The number of aliphatic hydroxyl groups is 2. The molecule has 3 N–H and O–H groups in total. The normalized spacial score (nSPS) is 41.1. The predicted octanol–water partition coefficient (Wildman–Crippen LogP) is 4.60. The third-order valence-corrected chi connectivity index (χ3v) is 9.19. The van der Waals surface area contributed by atoms with Crippen molar-refractivity contribution in [1.82, 2.24) is 10.2 Å². The van der Waals surface area contributed by atoms with Crippen LogP contribution in [0.3, 0.4) is 0 Å². The number of aliphatic hydroxyl groups excluding tert-OH is 2. The highest BCUT2D eigenvalue weighted by atomic mass is 19.4. The van der Waals surface area contributed by atoms with E-state index >= 15 is 0 Å². The molecule has 192 valence electrons. The smallest absolute Gasteiger partial charge is 0.393 e. The summed E-state index contributed by atoms with van der Waals surface area (Å²) in [5.74, 6) is 1.34. The average molecular weight is 483 g/mol. The zero-order valence-electron chi connectivity index (χ0n) is 20.6. The Kier molecular flexibility index (Phi) is 7.68. The highest BCUT2D eigenvalue weighted by molar-refractivity contribution is 5.38. The van der Waals surface area contributed by atoms with Crippen LogP contribution in [0.4, 0.5) is 13.2 Å². The maximum Gasteiger partial charge on any atom is 0.405 e. The lowest BCUT2D eigenvalue weighted by Gasteiger charge is -2.45. The third-order valence-electron chi connectivity index (χ3n) is 9.19. The summed E-state index contributed by atoms with van der Waals surface area (Å²) in [6, 6.07) is -1.43. The fourth-order valence-electron chi connectivity index (χ4n) is 7.41. The maximum absolute atomic E-state index is 13.2. The molecule has 3 aliphatic carbocycles. The van der Waals surface area contributed by atoms with Crippen molar-refractivity contribution in [3.05, 3.63) is 35.5 Å². The molecule has 1 aliphatic heterocycles. The molecule has 0 amide bonds. The highest BCUT2D eigenvalue weighted by Gasteiger charge is 2.51. The van der Waals surface area contributed by atoms with Gasteiger partial charge in [-0.05, 0) is 72.8 Å². The maximum atomic E-state index is 13.2. The molecular weight excluding hydrogens is 441 g/mol. The van der Waals surface area contributed by atoms with Gasteiger partial charge in [-0.3, -0.25) is 4.90 Å². The van der Waals surface area contributed by atoms with Gasteiger partial charge in [-0.15, -0.1) is 0 Å². The van der Waals surface area contributed by atoms with Gasteiger partial charge in [0.1, 0.15) is 6.04 Å². The van der Waals surface area contributed by atoms with Gasteiger partial charge in [0, 0.05) is 32.6 Å². The number of piperazine rings is 1. The molecule has 7 atom stereocenters. The molecule has 4 fully saturated rings. The predicted molar refractivity (Wildman–Crippen MR) is 128 cm³/mol. The minimum Gasteiger partial charge on any atom is -0.393 e. The van der Waals surface area contributed by atoms with E-state index in [2.05, 4.69) is 37.9 Å². The van der Waals surface area contributed by atoms with Crippen molar-refractivity contribution in [2.75, 3.05) is 26.2 Å². The molecule has 0 aromatic carbocycles. The second-order valence-electron chi connectivity index (χ2n) is 11.4.